The molecule has 9 heteroatoms. The molecule has 34 heavy (non-hydrogen) atoms. The van der Waals surface area contributed by atoms with E-state index in [0.29, 0.717) is 11.5 Å². The van der Waals surface area contributed by atoms with Gasteiger partial charge < -0.3 is 23.5 Å². The van der Waals surface area contributed by atoms with E-state index >= 15 is 0 Å². The van der Waals surface area contributed by atoms with Crippen molar-refractivity contribution in [3.63, 3.8) is 0 Å². The second-order valence-electron chi connectivity index (χ2n) is 8.21. The Balaban J connectivity index is 1.60. The van der Waals surface area contributed by atoms with Gasteiger partial charge in [0.2, 0.25) is 0 Å². The SMILES string of the molecule is CN(C)c1ccc(/C=C/C2=CC(=CC=C3C=CC(=[N+](C)C)C=C3)O[B-]3(OC(=O)C(=O)O3)O2)cc1. The molecule has 1 fully saturated rings. The quantitative estimate of drug-likeness (QED) is 0.389. The van der Waals surface area contributed by atoms with E-state index in [1.807, 2.05) is 98.4 Å². The van der Waals surface area contributed by atoms with Crippen molar-refractivity contribution in [3.8, 4) is 0 Å². The van der Waals surface area contributed by atoms with Gasteiger partial charge in [-0.2, -0.15) is 0 Å². The number of benzene rings is 1. The van der Waals surface area contributed by atoms with Crippen LogP contribution >= 0.6 is 0 Å². The van der Waals surface area contributed by atoms with Crippen LogP contribution in [-0.2, 0) is 28.2 Å². The molecule has 1 aromatic carbocycles. The first-order valence-electron chi connectivity index (χ1n) is 10.7. The lowest BCUT2D eigenvalue weighted by Crippen LogP contribution is -2.46. The first-order valence-corrected chi connectivity index (χ1v) is 10.7. The summed E-state index contributed by atoms with van der Waals surface area (Å²) < 4.78 is 23.3. The Kier molecular flexibility index (Phi) is 6.27. The Morgan fingerprint density at radius 1 is 0.824 bits per heavy atom. The molecular weight excluding hydrogens is 435 g/mol. The standard InChI is InChI=1S/C25H25BN2O6/c1-27(2)20-11-5-18(6-12-20)9-15-22-17-23(32-26(31-22)33-24(29)25(30)34-26)16-10-19-7-13-21(14-8-19)28(3)4/h5-17H,1-4H3. The van der Waals surface area contributed by atoms with Crippen molar-refractivity contribution in [1.82, 2.24) is 0 Å². The largest absolute Gasteiger partial charge is 0.781 e. The summed E-state index contributed by atoms with van der Waals surface area (Å²) in [6.45, 7) is -3.06. The molecule has 1 spiro atoms. The number of anilines is 1. The van der Waals surface area contributed by atoms with Gasteiger partial charge >= 0.3 is 18.9 Å². The van der Waals surface area contributed by atoms with Gasteiger partial charge in [-0.05, 0) is 47.6 Å². The highest BCUT2D eigenvalue weighted by atomic mass is 16.9. The number of hydrogen-bond acceptors (Lipinski definition) is 7. The van der Waals surface area contributed by atoms with Crippen molar-refractivity contribution in [3.05, 3.63) is 95.5 Å². The molecule has 0 aromatic heterocycles. The van der Waals surface area contributed by atoms with Crippen LogP contribution in [0, 0.1) is 0 Å². The maximum Gasteiger partial charge on any atom is 0.781 e. The highest BCUT2D eigenvalue weighted by molar-refractivity contribution is 6.66. The molecule has 0 amide bonds. The summed E-state index contributed by atoms with van der Waals surface area (Å²) in [5, 5.41) is 0. The van der Waals surface area contributed by atoms with Crippen LogP contribution in [-0.4, -0.2) is 57.4 Å². The van der Waals surface area contributed by atoms with Crippen LogP contribution in [0.1, 0.15) is 5.56 Å². The molecule has 3 aliphatic rings. The van der Waals surface area contributed by atoms with Crippen LogP contribution in [0.4, 0.5) is 5.69 Å². The van der Waals surface area contributed by atoms with Crippen LogP contribution in [0.2, 0.25) is 0 Å². The third-order valence-electron chi connectivity index (χ3n) is 5.21. The summed E-state index contributed by atoms with van der Waals surface area (Å²) in [6, 6.07) is 7.91. The lowest BCUT2D eigenvalue weighted by molar-refractivity contribution is -0.462. The van der Waals surface area contributed by atoms with Crippen molar-refractivity contribution < 1.29 is 32.8 Å². The summed E-state index contributed by atoms with van der Waals surface area (Å²) in [5.74, 6) is -1.69. The highest BCUT2D eigenvalue weighted by Gasteiger charge is 2.54. The van der Waals surface area contributed by atoms with E-state index < -0.39 is 18.9 Å². The molecule has 2 aliphatic heterocycles. The molecule has 1 aromatic rings. The van der Waals surface area contributed by atoms with E-state index in [2.05, 4.69) is 0 Å². The summed E-state index contributed by atoms with van der Waals surface area (Å²) in [7, 11) is 7.88. The van der Waals surface area contributed by atoms with E-state index in [9.17, 15) is 9.59 Å². The zero-order valence-corrected chi connectivity index (χ0v) is 19.4. The average Bonchev–Trinajstić information content (AvgIpc) is 3.08. The molecular formula is C25H25BN2O6. The minimum atomic E-state index is -3.06. The van der Waals surface area contributed by atoms with Gasteiger partial charge in [0.1, 0.15) is 14.1 Å². The van der Waals surface area contributed by atoms with E-state index in [0.717, 1.165) is 22.5 Å². The van der Waals surface area contributed by atoms with Crippen molar-refractivity contribution >= 4 is 36.4 Å². The minimum absolute atomic E-state index is 0.313. The van der Waals surface area contributed by atoms with Gasteiger partial charge in [0.15, 0.2) is 5.71 Å². The van der Waals surface area contributed by atoms with Gasteiger partial charge in [0.05, 0.1) is 11.5 Å². The molecule has 174 valence electrons. The first kappa shape index (κ1) is 22.9. The molecule has 8 nitrogen and oxygen atoms in total. The van der Waals surface area contributed by atoms with Crippen molar-refractivity contribution in [2.45, 2.75) is 0 Å². The lowest BCUT2D eigenvalue weighted by atomic mass is 10.0. The van der Waals surface area contributed by atoms with Crippen LogP contribution < -0.4 is 4.90 Å². The van der Waals surface area contributed by atoms with Crippen LogP contribution in [0.25, 0.3) is 6.08 Å². The molecule has 1 aliphatic carbocycles. The number of nitrogens with zero attached hydrogens (tertiary/aromatic N) is 2. The molecule has 0 radical (unpaired) electrons. The molecule has 0 unspecified atom stereocenters. The Morgan fingerprint density at radius 3 is 2.06 bits per heavy atom. The van der Waals surface area contributed by atoms with Crippen LogP contribution in [0.15, 0.2) is 90.0 Å². The fourth-order valence-electron chi connectivity index (χ4n) is 3.34. The van der Waals surface area contributed by atoms with Gasteiger partial charge in [-0.25, -0.2) is 14.2 Å². The molecule has 0 atom stereocenters. The number of hydrogen-bond donors (Lipinski definition) is 0. The molecule has 1 saturated heterocycles. The normalized spacial score (nSPS) is 19.6. The fraction of sp³-hybridized carbons (Fsp3) is 0.160. The first-order chi connectivity index (χ1) is 16.2. The number of allylic oxidation sites excluding steroid dienone is 9. The smallest absolute Gasteiger partial charge is 0.611 e. The minimum Gasteiger partial charge on any atom is -0.611 e. The second kappa shape index (κ2) is 9.31. The number of carbonyl (C=O) groups is 2. The average molecular weight is 460 g/mol. The summed E-state index contributed by atoms with van der Waals surface area (Å²) >= 11 is 0. The lowest BCUT2D eigenvalue weighted by Gasteiger charge is -2.38. The third-order valence-corrected chi connectivity index (χ3v) is 5.21. The summed E-state index contributed by atoms with van der Waals surface area (Å²) in [6.07, 6.45) is 16.6. The topological polar surface area (TPSA) is 77.3 Å². The number of rotatable bonds is 4. The highest BCUT2D eigenvalue weighted by Crippen LogP contribution is 2.31. The van der Waals surface area contributed by atoms with E-state index in [-0.39, 0.29) is 0 Å². The maximum absolute atomic E-state index is 11.7. The predicted molar refractivity (Wildman–Crippen MR) is 130 cm³/mol. The Morgan fingerprint density at radius 2 is 1.47 bits per heavy atom. The fourth-order valence-corrected chi connectivity index (χ4v) is 3.34. The Labute approximate surface area is 198 Å². The van der Waals surface area contributed by atoms with Crippen LogP contribution in [0.5, 0.6) is 0 Å². The predicted octanol–water partition coefficient (Wildman–Crippen LogP) is 2.88. The van der Waals surface area contributed by atoms with Gasteiger partial charge in [0, 0.05) is 38.0 Å². The van der Waals surface area contributed by atoms with Gasteiger partial charge in [0.25, 0.3) is 0 Å². The molecule has 0 N–H and O–H groups in total. The Bertz CT molecular complexity index is 1190. The summed E-state index contributed by atoms with van der Waals surface area (Å²) in [4.78, 5) is 25.4. The zero-order chi connectivity index (χ0) is 24.3. The van der Waals surface area contributed by atoms with E-state index in [4.69, 9.17) is 18.6 Å². The monoisotopic (exact) mass is 460 g/mol. The molecule has 2 heterocycles. The van der Waals surface area contributed by atoms with Crippen molar-refractivity contribution in [2.75, 3.05) is 33.1 Å². The number of carbonyl (C=O) groups excluding carboxylic acids is 2. The molecule has 0 bridgehead atoms. The van der Waals surface area contributed by atoms with Gasteiger partial charge in [-0.1, -0.05) is 24.3 Å². The van der Waals surface area contributed by atoms with E-state index in [1.165, 1.54) is 0 Å². The zero-order valence-electron chi connectivity index (χ0n) is 19.4. The summed E-state index contributed by atoms with van der Waals surface area (Å²) in [5.41, 5.74) is 4.01. The van der Waals surface area contributed by atoms with Crippen molar-refractivity contribution in [1.29, 1.82) is 0 Å². The molecule has 0 saturated carbocycles. The third kappa shape index (κ3) is 5.20. The maximum atomic E-state index is 11.7. The van der Waals surface area contributed by atoms with Gasteiger partial charge in [-0.15, -0.1) is 0 Å². The van der Waals surface area contributed by atoms with Crippen LogP contribution in [0.3, 0.4) is 0 Å². The van der Waals surface area contributed by atoms with Gasteiger partial charge in [-0.3, -0.25) is 0 Å². The molecule has 4 rings (SSSR count). The second-order valence-corrected chi connectivity index (χ2v) is 8.21. The Hall–Kier alpha value is -4.27. The van der Waals surface area contributed by atoms with Crippen molar-refractivity contribution in [2.24, 2.45) is 0 Å². The van der Waals surface area contributed by atoms with E-state index in [1.54, 1.807) is 18.2 Å².